The molecule has 2 fully saturated rings. The first-order valence-electron chi connectivity index (χ1n) is 6.88. The second kappa shape index (κ2) is 4.90. The van der Waals surface area contributed by atoms with Crippen LogP contribution in [0.15, 0.2) is 18.2 Å². The van der Waals surface area contributed by atoms with Crippen LogP contribution in [0.2, 0.25) is 0 Å². The molecule has 2 atom stereocenters. The van der Waals surface area contributed by atoms with Gasteiger partial charge in [0.2, 0.25) is 0 Å². The van der Waals surface area contributed by atoms with Gasteiger partial charge in [0.1, 0.15) is 0 Å². The van der Waals surface area contributed by atoms with Crippen LogP contribution in [-0.2, 0) is 11.3 Å². The summed E-state index contributed by atoms with van der Waals surface area (Å²) in [5, 5.41) is 9.18. The molecule has 1 heterocycles. The molecule has 3 rings (SSSR count). The molecular formula is C15H21NO2. The number of anilines is 1. The van der Waals surface area contributed by atoms with E-state index in [1.807, 2.05) is 6.07 Å². The number of morpholine rings is 1. The predicted octanol–water partition coefficient (Wildman–Crippen LogP) is 2.25. The van der Waals surface area contributed by atoms with Crippen molar-refractivity contribution in [3.05, 3.63) is 29.3 Å². The van der Waals surface area contributed by atoms with Gasteiger partial charge in [0.15, 0.2) is 0 Å². The Labute approximate surface area is 108 Å². The van der Waals surface area contributed by atoms with Crippen molar-refractivity contribution in [2.24, 2.45) is 0 Å². The Balaban J connectivity index is 1.89. The van der Waals surface area contributed by atoms with Gasteiger partial charge in [0, 0.05) is 12.2 Å². The summed E-state index contributed by atoms with van der Waals surface area (Å²) in [6.45, 7) is 4.08. The Morgan fingerprint density at radius 1 is 1.39 bits per heavy atom. The number of aryl methyl sites for hydroxylation is 1. The zero-order valence-corrected chi connectivity index (χ0v) is 10.9. The highest BCUT2D eigenvalue weighted by atomic mass is 16.5. The lowest BCUT2D eigenvalue weighted by atomic mass is 10.0. The van der Waals surface area contributed by atoms with Gasteiger partial charge in [0.05, 0.1) is 25.4 Å². The maximum Gasteiger partial charge on any atom is 0.0779 e. The summed E-state index contributed by atoms with van der Waals surface area (Å²) in [4.78, 5) is 2.51. The van der Waals surface area contributed by atoms with Gasteiger partial charge in [-0.2, -0.15) is 0 Å². The Hall–Kier alpha value is -1.06. The van der Waals surface area contributed by atoms with E-state index in [9.17, 15) is 5.11 Å². The fraction of sp³-hybridized carbons (Fsp3) is 0.600. The molecule has 18 heavy (non-hydrogen) atoms. The topological polar surface area (TPSA) is 32.7 Å². The zero-order valence-electron chi connectivity index (χ0n) is 10.9. The molecule has 2 unspecified atom stereocenters. The van der Waals surface area contributed by atoms with Gasteiger partial charge >= 0.3 is 0 Å². The van der Waals surface area contributed by atoms with Gasteiger partial charge < -0.3 is 14.7 Å². The van der Waals surface area contributed by atoms with Crippen LogP contribution < -0.4 is 4.90 Å². The third-order valence-corrected chi connectivity index (χ3v) is 4.24. The number of nitrogens with zero attached hydrogens (tertiary/aromatic N) is 1. The predicted molar refractivity (Wildman–Crippen MR) is 71.8 cm³/mol. The van der Waals surface area contributed by atoms with Crippen LogP contribution in [0.25, 0.3) is 0 Å². The normalized spacial score (nSPS) is 27.3. The van der Waals surface area contributed by atoms with E-state index in [1.54, 1.807) is 0 Å². The standard InChI is InChI=1S/C15H21NO2/c1-11-9-12(10-17)5-6-13(11)16-7-8-18-15-4-2-3-14(15)16/h5-6,9,14-15,17H,2-4,7-8,10H2,1H3. The van der Waals surface area contributed by atoms with Crippen LogP contribution in [0.1, 0.15) is 30.4 Å². The molecule has 1 N–H and O–H groups in total. The first-order chi connectivity index (χ1) is 8.79. The number of aliphatic hydroxyl groups excluding tert-OH is 1. The van der Waals surface area contributed by atoms with E-state index < -0.39 is 0 Å². The molecule has 0 bridgehead atoms. The maximum absolute atomic E-state index is 9.18. The average molecular weight is 247 g/mol. The van der Waals surface area contributed by atoms with E-state index in [2.05, 4.69) is 24.0 Å². The lowest BCUT2D eigenvalue weighted by Crippen LogP contribution is -2.48. The molecule has 0 amide bonds. The van der Waals surface area contributed by atoms with Crippen molar-refractivity contribution in [2.75, 3.05) is 18.1 Å². The fourth-order valence-corrected chi connectivity index (χ4v) is 3.36. The SMILES string of the molecule is Cc1cc(CO)ccc1N1CCOC2CCCC21. The van der Waals surface area contributed by atoms with E-state index in [-0.39, 0.29) is 6.61 Å². The lowest BCUT2D eigenvalue weighted by Gasteiger charge is -2.40. The van der Waals surface area contributed by atoms with Crippen LogP contribution in [-0.4, -0.2) is 30.4 Å². The third kappa shape index (κ3) is 2.02. The third-order valence-electron chi connectivity index (χ3n) is 4.24. The van der Waals surface area contributed by atoms with E-state index >= 15 is 0 Å². The smallest absolute Gasteiger partial charge is 0.0779 e. The van der Waals surface area contributed by atoms with E-state index in [4.69, 9.17) is 4.74 Å². The summed E-state index contributed by atoms with van der Waals surface area (Å²) in [5.74, 6) is 0. The molecule has 1 aromatic rings. The molecular weight excluding hydrogens is 226 g/mol. The summed E-state index contributed by atoms with van der Waals surface area (Å²) < 4.78 is 5.86. The van der Waals surface area contributed by atoms with Gasteiger partial charge in [-0.05, 0) is 43.4 Å². The van der Waals surface area contributed by atoms with Gasteiger partial charge in [0.25, 0.3) is 0 Å². The van der Waals surface area contributed by atoms with Crippen molar-refractivity contribution in [1.82, 2.24) is 0 Å². The number of hydrogen-bond acceptors (Lipinski definition) is 3. The Kier molecular flexibility index (Phi) is 3.27. The lowest BCUT2D eigenvalue weighted by molar-refractivity contribution is 0.0256. The van der Waals surface area contributed by atoms with Gasteiger partial charge in [-0.15, -0.1) is 0 Å². The minimum absolute atomic E-state index is 0.121. The van der Waals surface area contributed by atoms with E-state index in [1.165, 1.54) is 30.5 Å². The number of ether oxygens (including phenoxy) is 1. The minimum atomic E-state index is 0.121. The summed E-state index contributed by atoms with van der Waals surface area (Å²) >= 11 is 0. The molecule has 98 valence electrons. The molecule has 1 aromatic carbocycles. The van der Waals surface area contributed by atoms with Crippen molar-refractivity contribution in [2.45, 2.75) is 44.9 Å². The molecule has 1 aliphatic heterocycles. The Morgan fingerprint density at radius 3 is 3.06 bits per heavy atom. The number of hydrogen-bond donors (Lipinski definition) is 1. The number of rotatable bonds is 2. The van der Waals surface area contributed by atoms with Crippen LogP contribution in [0.5, 0.6) is 0 Å². The fourth-order valence-electron chi connectivity index (χ4n) is 3.36. The first-order valence-corrected chi connectivity index (χ1v) is 6.88. The molecule has 1 aliphatic carbocycles. The molecule has 1 saturated carbocycles. The van der Waals surface area contributed by atoms with Gasteiger partial charge in [-0.3, -0.25) is 0 Å². The first kappa shape index (κ1) is 12.0. The van der Waals surface area contributed by atoms with Gasteiger partial charge in [-0.25, -0.2) is 0 Å². The van der Waals surface area contributed by atoms with Crippen molar-refractivity contribution < 1.29 is 9.84 Å². The summed E-state index contributed by atoms with van der Waals surface area (Å²) in [7, 11) is 0. The highest BCUT2D eigenvalue weighted by Crippen LogP contribution is 2.34. The highest BCUT2D eigenvalue weighted by molar-refractivity contribution is 5.56. The van der Waals surface area contributed by atoms with Crippen molar-refractivity contribution in [3.8, 4) is 0 Å². The van der Waals surface area contributed by atoms with Crippen molar-refractivity contribution in [3.63, 3.8) is 0 Å². The molecule has 0 radical (unpaired) electrons. The zero-order chi connectivity index (χ0) is 12.5. The van der Waals surface area contributed by atoms with Crippen molar-refractivity contribution in [1.29, 1.82) is 0 Å². The van der Waals surface area contributed by atoms with Crippen molar-refractivity contribution >= 4 is 5.69 Å². The van der Waals surface area contributed by atoms with Gasteiger partial charge in [-0.1, -0.05) is 12.1 Å². The quantitative estimate of drug-likeness (QED) is 0.870. The Bertz CT molecular complexity index is 433. The largest absolute Gasteiger partial charge is 0.392 e. The maximum atomic E-state index is 9.18. The van der Waals surface area contributed by atoms with Crippen LogP contribution in [0.4, 0.5) is 5.69 Å². The van der Waals surface area contributed by atoms with Crippen LogP contribution in [0, 0.1) is 6.92 Å². The second-order valence-electron chi connectivity index (χ2n) is 5.38. The molecule has 3 nitrogen and oxygen atoms in total. The molecule has 1 saturated heterocycles. The molecule has 0 spiro atoms. The van der Waals surface area contributed by atoms with E-state index in [0.717, 1.165) is 18.7 Å². The average Bonchev–Trinajstić information content (AvgIpc) is 2.87. The van der Waals surface area contributed by atoms with E-state index in [0.29, 0.717) is 12.1 Å². The second-order valence-corrected chi connectivity index (χ2v) is 5.38. The van der Waals surface area contributed by atoms with Crippen LogP contribution >= 0.6 is 0 Å². The molecule has 0 aromatic heterocycles. The summed E-state index contributed by atoms with van der Waals surface area (Å²) in [5.41, 5.74) is 3.56. The highest BCUT2D eigenvalue weighted by Gasteiger charge is 2.36. The van der Waals surface area contributed by atoms with Crippen LogP contribution in [0.3, 0.4) is 0 Å². The summed E-state index contributed by atoms with van der Waals surface area (Å²) in [6, 6.07) is 6.83. The Morgan fingerprint density at radius 2 is 2.28 bits per heavy atom. The minimum Gasteiger partial charge on any atom is -0.392 e. The molecule has 3 heteroatoms. The number of fused-ring (bicyclic) bond motifs is 1. The monoisotopic (exact) mass is 247 g/mol. The molecule has 2 aliphatic rings. The number of benzene rings is 1. The number of aliphatic hydroxyl groups is 1. The summed E-state index contributed by atoms with van der Waals surface area (Å²) in [6.07, 6.45) is 4.15.